The molecule has 0 saturated carbocycles. The fourth-order valence-electron chi connectivity index (χ4n) is 3.25. The van der Waals surface area contributed by atoms with Crippen LogP contribution in [0.25, 0.3) is 0 Å². The van der Waals surface area contributed by atoms with Crippen molar-refractivity contribution in [2.75, 3.05) is 6.61 Å². The summed E-state index contributed by atoms with van der Waals surface area (Å²) in [4.78, 5) is 12.7. The normalized spacial score (nSPS) is 16.2. The van der Waals surface area contributed by atoms with Crippen molar-refractivity contribution in [1.82, 2.24) is 0 Å². The lowest BCUT2D eigenvalue weighted by Crippen LogP contribution is -2.24. The molecular formula is C25H24O4. The summed E-state index contributed by atoms with van der Waals surface area (Å²) in [6, 6.07) is 24.5. The second kappa shape index (κ2) is 9.39. The van der Waals surface area contributed by atoms with Crippen molar-refractivity contribution in [3.63, 3.8) is 0 Å². The maximum atomic E-state index is 12.7. The van der Waals surface area contributed by atoms with Crippen molar-refractivity contribution in [2.24, 2.45) is 0 Å². The summed E-state index contributed by atoms with van der Waals surface area (Å²) in [7, 11) is 0. The Balaban J connectivity index is 1.34. The molecule has 1 fully saturated rings. The molecule has 1 saturated heterocycles. The summed E-state index contributed by atoms with van der Waals surface area (Å²) in [6.45, 7) is 1.24. The Morgan fingerprint density at radius 2 is 1.48 bits per heavy atom. The average Bonchev–Trinajstić information content (AvgIpc) is 2.79. The van der Waals surface area contributed by atoms with Crippen molar-refractivity contribution in [3.05, 3.63) is 95.6 Å². The Kier molecular flexibility index (Phi) is 6.22. The zero-order chi connectivity index (χ0) is 19.9. The molecule has 4 rings (SSSR count). The molecule has 1 atom stereocenters. The van der Waals surface area contributed by atoms with Crippen LogP contribution in [0.3, 0.4) is 0 Å². The van der Waals surface area contributed by atoms with E-state index in [0.717, 1.165) is 42.9 Å². The first-order chi connectivity index (χ1) is 14.3. The Morgan fingerprint density at radius 1 is 0.828 bits per heavy atom. The molecule has 29 heavy (non-hydrogen) atoms. The van der Waals surface area contributed by atoms with Crippen molar-refractivity contribution in [2.45, 2.75) is 32.2 Å². The zero-order valence-electron chi connectivity index (χ0n) is 16.3. The Morgan fingerprint density at radius 3 is 2.10 bits per heavy atom. The minimum atomic E-state index is -0.186. The van der Waals surface area contributed by atoms with E-state index < -0.39 is 0 Å². The number of benzene rings is 3. The summed E-state index contributed by atoms with van der Waals surface area (Å²) in [5.74, 6) is 1.43. The fourth-order valence-corrected chi connectivity index (χ4v) is 3.25. The number of hydrogen-bond donors (Lipinski definition) is 0. The van der Waals surface area contributed by atoms with Crippen molar-refractivity contribution in [1.29, 1.82) is 0 Å². The zero-order valence-corrected chi connectivity index (χ0v) is 16.3. The minimum Gasteiger partial charge on any atom is -0.489 e. The van der Waals surface area contributed by atoms with E-state index in [-0.39, 0.29) is 12.1 Å². The number of carbonyl (C=O) groups is 1. The van der Waals surface area contributed by atoms with E-state index in [4.69, 9.17) is 14.2 Å². The van der Waals surface area contributed by atoms with Crippen molar-refractivity contribution in [3.8, 4) is 11.5 Å². The molecule has 0 amide bonds. The first-order valence-electron chi connectivity index (χ1n) is 9.98. The first kappa shape index (κ1) is 19.2. The topological polar surface area (TPSA) is 44.8 Å². The third kappa shape index (κ3) is 5.24. The standard InChI is InChI=1S/C25H24O4/c26-25(21-11-15-23(16-12-21)29-24-8-4-5-17-27-24)20-9-13-22(14-10-20)28-18-19-6-2-1-3-7-19/h1-3,6-7,9-16,24H,4-5,8,17-18H2. The van der Waals surface area contributed by atoms with Crippen LogP contribution in [0.1, 0.15) is 40.7 Å². The van der Waals surface area contributed by atoms with E-state index >= 15 is 0 Å². The van der Waals surface area contributed by atoms with Gasteiger partial charge < -0.3 is 14.2 Å². The van der Waals surface area contributed by atoms with Gasteiger partial charge in [0.2, 0.25) is 0 Å². The molecule has 3 aromatic rings. The van der Waals surface area contributed by atoms with Gasteiger partial charge in [0, 0.05) is 17.5 Å². The van der Waals surface area contributed by atoms with Crippen LogP contribution in [-0.2, 0) is 11.3 Å². The number of ketones is 1. The first-order valence-corrected chi connectivity index (χ1v) is 9.98. The predicted molar refractivity (Wildman–Crippen MR) is 111 cm³/mol. The van der Waals surface area contributed by atoms with Crippen LogP contribution in [0.2, 0.25) is 0 Å². The molecule has 4 nitrogen and oxygen atoms in total. The molecule has 1 unspecified atom stereocenters. The molecule has 3 aromatic carbocycles. The van der Waals surface area contributed by atoms with Crippen LogP contribution >= 0.6 is 0 Å². The fraction of sp³-hybridized carbons (Fsp3) is 0.240. The van der Waals surface area contributed by atoms with Crippen LogP contribution in [0.5, 0.6) is 11.5 Å². The van der Waals surface area contributed by atoms with Gasteiger partial charge in [0.05, 0.1) is 6.61 Å². The predicted octanol–water partition coefficient (Wildman–Crippen LogP) is 5.40. The summed E-state index contributed by atoms with van der Waals surface area (Å²) in [6.07, 6.45) is 2.92. The highest BCUT2D eigenvalue weighted by atomic mass is 16.7. The Hall–Kier alpha value is -3.11. The second-order valence-electron chi connectivity index (χ2n) is 7.07. The molecule has 1 aliphatic rings. The molecule has 0 radical (unpaired) electrons. The van der Waals surface area contributed by atoms with Crippen LogP contribution in [-0.4, -0.2) is 18.7 Å². The van der Waals surface area contributed by atoms with Crippen LogP contribution in [0.4, 0.5) is 0 Å². The molecule has 0 aliphatic carbocycles. The monoisotopic (exact) mass is 388 g/mol. The molecule has 1 aliphatic heterocycles. The van der Waals surface area contributed by atoms with Gasteiger partial charge in [0.15, 0.2) is 12.1 Å². The lowest BCUT2D eigenvalue weighted by Gasteiger charge is -2.23. The van der Waals surface area contributed by atoms with Gasteiger partial charge in [-0.1, -0.05) is 30.3 Å². The molecule has 0 bridgehead atoms. The molecule has 1 heterocycles. The largest absolute Gasteiger partial charge is 0.489 e. The Labute approximate surface area is 171 Å². The lowest BCUT2D eigenvalue weighted by atomic mass is 10.0. The molecule has 0 aromatic heterocycles. The Bertz CT molecular complexity index is 911. The maximum Gasteiger partial charge on any atom is 0.199 e. The van der Waals surface area contributed by atoms with Crippen LogP contribution in [0, 0.1) is 0 Å². The highest BCUT2D eigenvalue weighted by Crippen LogP contribution is 2.21. The van der Waals surface area contributed by atoms with Gasteiger partial charge in [0.25, 0.3) is 0 Å². The van der Waals surface area contributed by atoms with Gasteiger partial charge in [-0.3, -0.25) is 4.79 Å². The second-order valence-corrected chi connectivity index (χ2v) is 7.07. The third-order valence-electron chi connectivity index (χ3n) is 4.89. The third-order valence-corrected chi connectivity index (χ3v) is 4.89. The van der Waals surface area contributed by atoms with Crippen molar-refractivity contribution >= 4 is 5.78 Å². The van der Waals surface area contributed by atoms with Gasteiger partial charge in [-0.25, -0.2) is 0 Å². The summed E-state index contributed by atoms with van der Waals surface area (Å²) in [5, 5.41) is 0. The maximum absolute atomic E-state index is 12.7. The van der Waals surface area contributed by atoms with E-state index in [9.17, 15) is 4.79 Å². The van der Waals surface area contributed by atoms with Crippen LogP contribution in [0.15, 0.2) is 78.9 Å². The summed E-state index contributed by atoms with van der Waals surface area (Å²) >= 11 is 0. The highest BCUT2D eigenvalue weighted by molar-refractivity contribution is 6.09. The van der Waals surface area contributed by atoms with E-state index in [2.05, 4.69) is 0 Å². The smallest absolute Gasteiger partial charge is 0.199 e. The minimum absolute atomic E-state index is 0.0277. The average molecular weight is 388 g/mol. The van der Waals surface area contributed by atoms with E-state index in [1.54, 1.807) is 24.3 Å². The van der Waals surface area contributed by atoms with E-state index in [1.165, 1.54) is 0 Å². The lowest BCUT2D eigenvalue weighted by molar-refractivity contribution is -0.105. The van der Waals surface area contributed by atoms with Crippen LogP contribution < -0.4 is 9.47 Å². The molecular weight excluding hydrogens is 364 g/mol. The van der Waals surface area contributed by atoms with Gasteiger partial charge in [-0.15, -0.1) is 0 Å². The number of ether oxygens (including phenoxy) is 3. The molecule has 148 valence electrons. The molecule has 0 N–H and O–H groups in total. The number of carbonyl (C=O) groups excluding carboxylic acids is 1. The summed E-state index contributed by atoms with van der Waals surface area (Å²) in [5.41, 5.74) is 2.36. The van der Waals surface area contributed by atoms with Gasteiger partial charge in [0.1, 0.15) is 18.1 Å². The van der Waals surface area contributed by atoms with Crippen molar-refractivity contribution < 1.29 is 19.0 Å². The SMILES string of the molecule is O=C(c1ccc(OCc2ccccc2)cc1)c1ccc(OC2CCCCO2)cc1. The quantitative estimate of drug-likeness (QED) is 0.508. The number of hydrogen-bond acceptors (Lipinski definition) is 4. The van der Waals surface area contributed by atoms with Gasteiger partial charge in [-0.2, -0.15) is 0 Å². The number of rotatable bonds is 7. The van der Waals surface area contributed by atoms with E-state index in [1.807, 2.05) is 54.6 Å². The highest BCUT2D eigenvalue weighted by Gasteiger charge is 2.16. The molecule has 4 heteroatoms. The van der Waals surface area contributed by atoms with Gasteiger partial charge >= 0.3 is 0 Å². The van der Waals surface area contributed by atoms with Gasteiger partial charge in [-0.05, 0) is 66.9 Å². The molecule has 0 spiro atoms. The van der Waals surface area contributed by atoms with E-state index in [0.29, 0.717) is 17.7 Å². The summed E-state index contributed by atoms with van der Waals surface area (Å²) < 4.78 is 17.2.